The minimum absolute atomic E-state index is 0.643. The maximum absolute atomic E-state index is 4.65. The normalized spacial score (nSPS) is 26.9. The van der Waals surface area contributed by atoms with E-state index >= 15 is 0 Å². The van der Waals surface area contributed by atoms with Crippen LogP contribution < -0.4 is 5.32 Å². The van der Waals surface area contributed by atoms with Crippen LogP contribution in [0.2, 0.25) is 0 Å². The molecule has 1 heterocycles. The van der Waals surface area contributed by atoms with Crippen molar-refractivity contribution in [1.29, 1.82) is 0 Å². The van der Waals surface area contributed by atoms with Crippen LogP contribution in [0.15, 0.2) is 12.4 Å². The van der Waals surface area contributed by atoms with Crippen molar-refractivity contribution in [3.63, 3.8) is 0 Å². The van der Waals surface area contributed by atoms with E-state index in [2.05, 4.69) is 42.0 Å². The van der Waals surface area contributed by atoms with Crippen molar-refractivity contribution >= 4 is 0 Å². The molecule has 114 valence electrons. The van der Waals surface area contributed by atoms with Crippen LogP contribution in [0.5, 0.6) is 0 Å². The van der Waals surface area contributed by atoms with E-state index in [0.717, 1.165) is 24.9 Å². The van der Waals surface area contributed by atoms with Gasteiger partial charge in [-0.05, 0) is 44.2 Å². The third-order valence-corrected chi connectivity index (χ3v) is 4.82. The Balaban J connectivity index is 2.04. The van der Waals surface area contributed by atoms with Crippen LogP contribution in [0.4, 0.5) is 0 Å². The summed E-state index contributed by atoms with van der Waals surface area (Å²) >= 11 is 0. The topological polar surface area (TPSA) is 29.9 Å². The van der Waals surface area contributed by atoms with Crippen LogP contribution in [0.25, 0.3) is 0 Å². The molecule has 1 saturated carbocycles. The predicted molar refractivity (Wildman–Crippen MR) is 84.8 cm³/mol. The Labute approximate surface area is 124 Å². The van der Waals surface area contributed by atoms with E-state index in [4.69, 9.17) is 0 Å². The van der Waals surface area contributed by atoms with Crippen molar-refractivity contribution in [1.82, 2.24) is 14.9 Å². The first-order valence-corrected chi connectivity index (χ1v) is 8.44. The van der Waals surface area contributed by atoms with E-state index in [9.17, 15) is 0 Å². The molecule has 3 nitrogen and oxygen atoms in total. The minimum atomic E-state index is 0.643. The molecule has 0 radical (unpaired) electrons. The highest BCUT2D eigenvalue weighted by molar-refractivity contribution is 5.05. The van der Waals surface area contributed by atoms with E-state index in [-0.39, 0.29) is 0 Å². The molecule has 2 rings (SSSR count). The summed E-state index contributed by atoms with van der Waals surface area (Å²) in [5, 5.41) is 3.63. The maximum atomic E-state index is 4.65. The molecule has 0 saturated heterocycles. The number of aryl methyl sites for hydroxylation is 1. The van der Waals surface area contributed by atoms with Gasteiger partial charge in [0.2, 0.25) is 0 Å². The molecule has 1 aliphatic carbocycles. The standard InChI is InChI=1S/C17H31N3/c1-4-6-14-7-8-15(13-18-9-5-2)16(12-14)17-19-10-11-20(17)3/h10-11,14-16,18H,4-9,12-13H2,1-3H3. The van der Waals surface area contributed by atoms with E-state index in [1.165, 1.54) is 44.3 Å². The molecule has 0 bridgehead atoms. The molecule has 0 spiro atoms. The molecule has 1 aromatic rings. The Hall–Kier alpha value is -0.830. The van der Waals surface area contributed by atoms with E-state index in [0.29, 0.717) is 5.92 Å². The van der Waals surface area contributed by atoms with Crippen molar-refractivity contribution in [2.24, 2.45) is 18.9 Å². The summed E-state index contributed by atoms with van der Waals surface area (Å²) in [6.07, 6.45) is 12.1. The third kappa shape index (κ3) is 3.85. The Kier molecular flexibility index (Phi) is 6.08. The third-order valence-electron chi connectivity index (χ3n) is 4.82. The van der Waals surface area contributed by atoms with Gasteiger partial charge in [-0.1, -0.05) is 33.1 Å². The lowest BCUT2D eigenvalue weighted by Crippen LogP contribution is -2.33. The SMILES string of the molecule is CCCNCC1CCC(CCC)CC1c1nccn1C. The highest BCUT2D eigenvalue weighted by Crippen LogP contribution is 2.41. The zero-order valence-corrected chi connectivity index (χ0v) is 13.4. The molecule has 1 N–H and O–H groups in total. The van der Waals surface area contributed by atoms with Crippen molar-refractivity contribution in [3.8, 4) is 0 Å². The summed E-state index contributed by atoms with van der Waals surface area (Å²) in [5.74, 6) is 3.61. The van der Waals surface area contributed by atoms with Gasteiger partial charge < -0.3 is 9.88 Å². The molecule has 1 aliphatic rings. The Bertz CT molecular complexity index is 385. The molecule has 20 heavy (non-hydrogen) atoms. The van der Waals surface area contributed by atoms with Gasteiger partial charge >= 0.3 is 0 Å². The molecule has 1 fully saturated rings. The molecular formula is C17H31N3. The lowest BCUT2D eigenvalue weighted by atomic mass is 9.72. The monoisotopic (exact) mass is 277 g/mol. The Morgan fingerprint density at radius 2 is 2.15 bits per heavy atom. The van der Waals surface area contributed by atoms with Gasteiger partial charge in [0.05, 0.1) is 0 Å². The summed E-state index contributed by atoms with van der Waals surface area (Å²) in [7, 11) is 2.14. The quantitative estimate of drug-likeness (QED) is 0.770. The van der Waals surface area contributed by atoms with E-state index in [1.54, 1.807) is 0 Å². The molecule has 1 aromatic heterocycles. The van der Waals surface area contributed by atoms with Gasteiger partial charge in [-0.2, -0.15) is 0 Å². The van der Waals surface area contributed by atoms with E-state index < -0.39 is 0 Å². The second-order valence-corrected chi connectivity index (χ2v) is 6.43. The summed E-state index contributed by atoms with van der Waals surface area (Å²) in [6.45, 7) is 6.85. The van der Waals surface area contributed by atoms with Gasteiger partial charge in [0.25, 0.3) is 0 Å². The van der Waals surface area contributed by atoms with Crippen molar-refractivity contribution in [3.05, 3.63) is 18.2 Å². The number of imidazole rings is 1. The fourth-order valence-electron chi connectivity index (χ4n) is 3.75. The molecule has 0 amide bonds. The predicted octanol–water partition coefficient (Wildman–Crippen LogP) is 3.72. The number of nitrogens with zero attached hydrogens (tertiary/aromatic N) is 2. The number of hydrogen-bond donors (Lipinski definition) is 1. The first-order chi connectivity index (χ1) is 9.76. The summed E-state index contributed by atoms with van der Waals surface area (Å²) in [6, 6.07) is 0. The van der Waals surface area contributed by atoms with Gasteiger partial charge in [-0.25, -0.2) is 4.98 Å². The van der Waals surface area contributed by atoms with Crippen LogP contribution in [0.1, 0.15) is 64.1 Å². The number of nitrogens with one attached hydrogen (secondary N) is 1. The first kappa shape index (κ1) is 15.6. The lowest BCUT2D eigenvalue weighted by Gasteiger charge is -2.36. The van der Waals surface area contributed by atoms with Gasteiger partial charge in [0, 0.05) is 25.4 Å². The van der Waals surface area contributed by atoms with Gasteiger partial charge in [0.15, 0.2) is 0 Å². The largest absolute Gasteiger partial charge is 0.338 e. The van der Waals surface area contributed by atoms with Crippen molar-refractivity contribution in [2.45, 2.75) is 58.3 Å². The van der Waals surface area contributed by atoms with Crippen molar-refractivity contribution in [2.75, 3.05) is 13.1 Å². The highest BCUT2D eigenvalue weighted by atomic mass is 15.0. The van der Waals surface area contributed by atoms with Gasteiger partial charge in [0.1, 0.15) is 5.82 Å². The molecule has 3 atom stereocenters. The van der Waals surface area contributed by atoms with Gasteiger partial charge in [-0.3, -0.25) is 0 Å². The van der Waals surface area contributed by atoms with Crippen LogP contribution in [0.3, 0.4) is 0 Å². The smallest absolute Gasteiger partial charge is 0.111 e. The minimum Gasteiger partial charge on any atom is -0.338 e. The van der Waals surface area contributed by atoms with E-state index in [1.807, 2.05) is 6.20 Å². The van der Waals surface area contributed by atoms with Crippen molar-refractivity contribution < 1.29 is 0 Å². The zero-order valence-electron chi connectivity index (χ0n) is 13.4. The fourth-order valence-corrected chi connectivity index (χ4v) is 3.75. The van der Waals surface area contributed by atoms with Crippen LogP contribution in [0, 0.1) is 11.8 Å². The average Bonchev–Trinajstić information content (AvgIpc) is 2.87. The summed E-state index contributed by atoms with van der Waals surface area (Å²) < 4.78 is 2.23. The second kappa shape index (κ2) is 7.82. The molecule has 0 aliphatic heterocycles. The number of rotatable bonds is 7. The Morgan fingerprint density at radius 3 is 2.80 bits per heavy atom. The summed E-state index contributed by atoms with van der Waals surface area (Å²) in [5.41, 5.74) is 0. The van der Waals surface area contributed by atoms with Gasteiger partial charge in [-0.15, -0.1) is 0 Å². The second-order valence-electron chi connectivity index (χ2n) is 6.43. The highest BCUT2D eigenvalue weighted by Gasteiger charge is 2.33. The van der Waals surface area contributed by atoms with Crippen LogP contribution in [-0.2, 0) is 7.05 Å². The zero-order chi connectivity index (χ0) is 14.4. The Morgan fingerprint density at radius 1 is 1.30 bits per heavy atom. The molecule has 3 unspecified atom stereocenters. The number of aromatic nitrogens is 2. The van der Waals surface area contributed by atoms with Crippen LogP contribution >= 0.6 is 0 Å². The maximum Gasteiger partial charge on any atom is 0.111 e. The van der Waals surface area contributed by atoms with Crippen LogP contribution in [-0.4, -0.2) is 22.6 Å². The molecular weight excluding hydrogens is 246 g/mol. The molecule has 3 heteroatoms. The summed E-state index contributed by atoms with van der Waals surface area (Å²) in [4.78, 5) is 4.65. The first-order valence-electron chi connectivity index (χ1n) is 8.44. The molecule has 0 aromatic carbocycles. The number of hydrogen-bond acceptors (Lipinski definition) is 2. The lowest BCUT2D eigenvalue weighted by molar-refractivity contribution is 0.212. The fraction of sp³-hybridized carbons (Fsp3) is 0.824. The average molecular weight is 277 g/mol.